The van der Waals surface area contributed by atoms with Gasteiger partial charge >= 0.3 is 0 Å². The third-order valence-electron chi connectivity index (χ3n) is 3.99. The van der Waals surface area contributed by atoms with E-state index in [0.717, 1.165) is 28.8 Å². The molecule has 0 bridgehead atoms. The zero-order chi connectivity index (χ0) is 16.2. The van der Waals surface area contributed by atoms with Crippen molar-refractivity contribution in [2.45, 2.75) is 32.2 Å². The lowest BCUT2D eigenvalue weighted by atomic mass is 9.97. The van der Waals surface area contributed by atoms with Crippen LogP contribution in [-0.4, -0.2) is 16.8 Å². The number of anilines is 1. The fraction of sp³-hybridized carbons (Fsp3) is 0.278. The Kier molecular flexibility index (Phi) is 4.37. The third-order valence-corrected chi connectivity index (χ3v) is 3.99. The number of fused-ring (bicyclic) bond motifs is 1. The molecule has 1 aliphatic rings. The van der Waals surface area contributed by atoms with Crippen molar-refractivity contribution < 1.29 is 9.59 Å². The summed E-state index contributed by atoms with van der Waals surface area (Å²) in [7, 11) is 0. The van der Waals surface area contributed by atoms with E-state index < -0.39 is 0 Å². The summed E-state index contributed by atoms with van der Waals surface area (Å²) in [5, 5.41) is 5.87. The maximum atomic E-state index is 12.1. The SMILES string of the molecule is CC(NC(=O)Cc1cccnc1)c1ccc2c(c1)CCC(=O)N2. The number of pyridine rings is 1. The highest BCUT2D eigenvalue weighted by Gasteiger charge is 2.17. The topological polar surface area (TPSA) is 71.1 Å². The van der Waals surface area contributed by atoms with E-state index in [-0.39, 0.29) is 17.9 Å². The zero-order valence-corrected chi connectivity index (χ0v) is 13.0. The van der Waals surface area contributed by atoms with Gasteiger partial charge in [-0.15, -0.1) is 0 Å². The molecule has 23 heavy (non-hydrogen) atoms. The van der Waals surface area contributed by atoms with Crippen LogP contribution in [0.15, 0.2) is 42.7 Å². The van der Waals surface area contributed by atoms with Crippen LogP contribution in [-0.2, 0) is 22.4 Å². The van der Waals surface area contributed by atoms with Crippen LogP contribution in [0.4, 0.5) is 5.69 Å². The number of carbonyl (C=O) groups excluding carboxylic acids is 2. The molecule has 1 unspecified atom stereocenters. The first-order valence-electron chi connectivity index (χ1n) is 7.73. The first kappa shape index (κ1) is 15.2. The summed E-state index contributed by atoms with van der Waals surface area (Å²) in [4.78, 5) is 27.5. The van der Waals surface area contributed by atoms with Crippen LogP contribution in [0.3, 0.4) is 0 Å². The third kappa shape index (κ3) is 3.74. The Labute approximate surface area is 135 Å². The highest BCUT2D eigenvalue weighted by Crippen LogP contribution is 2.26. The number of hydrogen-bond acceptors (Lipinski definition) is 3. The standard InChI is InChI=1S/C18H19N3O2/c1-12(20-18(23)9-13-3-2-8-19-11-13)14-4-6-16-15(10-14)5-7-17(22)21-16/h2-4,6,8,10-12H,5,7,9H2,1H3,(H,20,23)(H,21,22). The van der Waals surface area contributed by atoms with Gasteiger partial charge in [0.25, 0.3) is 0 Å². The maximum absolute atomic E-state index is 12.1. The smallest absolute Gasteiger partial charge is 0.224 e. The summed E-state index contributed by atoms with van der Waals surface area (Å²) in [6.07, 6.45) is 4.96. The summed E-state index contributed by atoms with van der Waals surface area (Å²) < 4.78 is 0. The molecule has 1 aromatic carbocycles. The number of benzene rings is 1. The van der Waals surface area contributed by atoms with Gasteiger partial charge in [0.1, 0.15) is 0 Å². The van der Waals surface area contributed by atoms with Crippen LogP contribution in [0, 0.1) is 0 Å². The maximum Gasteiger partial charge on any atom is 0.224 e. The van der Waals surface area contributed by atoms with Crippen molar-refractivity contribution in [3.05, 3.63) is 59.4 Å². The molecular weight excluding hydrogens is 290 g/mol. The summed E-state index contributed by atoms with van der Waals surface area (Å²) in [6, 6.07) is 9.54. The summed E-state index contributed by atoms with van der Waals surface area (Å²) in [5.74, 6) is 0.0274. The fourth-order valence-electron chi connectivity index (χ4n) is 2.74. The lowest BCUT2D eigenvalue weighted by Crippen LogP contribution is -2.28. The number of aryl methyl sites for hydroxylation is 1. The van der Waals surface area contributed by atoms with Gasteiger partial charge in [-0.1, -0.05) is 18.2 Å². The Balaban J connectivity index is 1.65. The van der Waals surface area contributed by atoms with Crippen LogP contribution >= 0.6 is 0 Å². The molecule has 1 atom stereocenters. The van der Waals surface area contributed by atoms with Crippen LogP contribution in [0.25, 0.3) is 0 Å². The van der Waals surface area contributed by atoms with Crippen LogP contribution in [0.5, 0.6) is 0 Å². The summed E-state index contributed by atoms with van der Waals surface area (Å²) >= 11 is 0. The van der Waals surface area contributed by atoms with E-state index >= 15 is 0 Å². The Morgan fingerprint density at radius 3 is 3.00 bits per heavy atom. The van der Waals surface area contributed by atoms with Crippen molar-refractivity contribution >= 4 is 17.5 Å². The van der Waals surface area contributed by atoms with Crippen LogP contribution < -0.4 is 10.6 Å². The lowest BCUT2D eigenvalue weighted by molar-refractivity contribution is -0.121. The second-order valence-electron chi connectivity index (χ2n) is 5.79. The molecule has 2 aromatic rings. The predicted molar refractivity (Wildman–Crippen MR) is 87.9 cm³/mol. The molecule has 5 nitrogen and oxygen atoms in total. The highest BCUT2D eigenvalue weighted by atomic mass is 16.2. The zero-order valence-electron chi connectivity index (χ0n) is 13.0. The van der Waals surface area contributed by atoms with E-state index in [9.17, 15) is 9.59 Å². The average Bonchev–Trinajstić information content (AvgIpc) is 2.55. The highest BCUT2D eigenvalue weighted by molar-refractivity contribution is 5.93. The van der Waals surface area contributed by atoms with Gasteiger partial charge in [-0.2, -0.15) is 0 Å². The average molecular weight is 309 g/mol. The number of carbonyl (C=O) groups is 2. The van der Waals surface area contributed by atoms with E-state index in [1.165, 1.54) is 0 Å². The minimum atomic E-state index is -0.0814. The fourth-order valence-corrected chi connectivity index (χ4v) is 2.74. The number of rotatable bonds is 4. The van der Waals surface area contributed by atoms with Crippen molar-refractivity contribution in [3.8, 4) is 0 Å². The molecule has 0 spiro atoms. The molecule has 0 saturated carbocycles. The first-order chi connectivity index (χ1) is 11.1. The van der Waals surface area contributed by atoms with Gasteiger partial charge in [0.2, 0.25) is 11.8 Å². The van der Waals surface area contributed by atoms with E-state index in [4.69, 9.17) is 0 Å². The van der Waals surface area contributed by atoms with Crippen LogP contribution in [0.1, 0.15) is 36.1 Å². The van der Waals surface area contributed by atoms with Crippen molar-refractivity contribution in [1.29, 1.82) is 0 Å². The molecule has 2 heterocycles. The molecular formula is C18H19N3O2. The minimum absolute atomic E-state index is 0.0310. The molecule has 5 heteroatoms. The van der Waals surface area contributed by atoms with E-state index in [1.807, 2.05) is 31.2 Å². The molecule has 0 aliphatic carbocycles. The minimum Gasteiger partial charge on any atom is -0.349 e. The summed E-state index contributed by atoms with van der Waals surface area (Å²) in [5.41, 5.74) is 3.93. The molecule has 2 N–H and O–H groups in total. The molecule has 0 saturated heterocycles. The van der Waals surface area contributed by atoms with Crippen molar-refractivity contribution in [2.75, 3.05) is 5.32 Å². The normalized spacial score (nSPS) is 14.6. The molecule has 3 rings (SSSR count). The number of aromatic nitrogens is 1. The number of nitrogens with zero attached hydrogens (tertiary/aromatic N) is 1. The lowest BCUT2D eigenvalue weighted by Gasteiger charge is -2.20. The monoisotopic (exact) mass is 309 g/mol. The largest absolute Gasteiger partial charge is 0.349 e. The van der Waals surface area contributed by atoms with Crippen molar-refractivity contribution in [1.82, 2.24) is 10.3 Å². The molecule has 0 fully saturated rings. The van der Waals surface area contributed by atoms with E-state index in [0.29, 0.717) is 12.8 Å². The van der Waals surface area contributed by atoms with Crippen molar-refractivity contribution in [3.63, 3.8) is 0 Å². The molecule has 118 valence electrons. The molecule has 2 amide bonds. The first-order valence-corrected chi connectivity index (χ1v) is 7.73. The number of hydrogen-bond donors (Lipinski definition) is 2. The van der Waals surface area contributed by atoms with Crippen molar-refractivity contribution in [2.24, 2.45) is 0 Å². The Hall–Kier alpha value is -2.69. The van der Waals surface area contributed by atoms with E-state index in [1.54, 1.807) is 12.4 Å². The van der Waals surface area contributed by atoms with Gasteiger partial charge in [-0.05, 0) is 42.2 Å². The summed E-state index contributed by atoms with van der Waals surface area (Å²) in [6.45, 7) is 1.96. The molecule has 1 aromatic heterocycles. The predicted octanol–water partition coefficient (Wildman–Crippen LogP) is 2.39. The Bertz CT molecular complexity index is 728. The molecule has 1 aliphatic heterocycles. The Morgan fingerprint density at radius 2 is 2.22 bits per heavy atom. The number of amides is 2. The van der Waals surface area contributed by atoms with Gasteiger partial charge in [0, 0.05) is 24.5 Å². The van der Waals surface area contributed by atoms with Gasteiger partial charge in [-0.3, -0.25) is 14.6 Å². The molecule has 0 radical (unpaired) electrons. The van der Waals surface area contributed by atoms with Crippen LogP contribution in [0.2, 0.25) is 0 Å². The van der Waals surface area contributed by atoms with E-state index in [2.05, 4.69) is 21.7 Å². The second-order valence-corrected chi connectivity index (χ2v) is 5.79. The van der Waals surface area contributed by atoms with Gasteiger partial charge < -0.3 is 10.6 Å². The second kappa shape index (κ2) is 6.60. The Morgan fingerprint density at radius 1 is 1.35 bits per heavy atom. The quantitative estimate of drug-likeness (QED) is 0.911. The van der Waals surface area contributed by atoms with Gasteiger partial charge in [0.05, 0.1) is 12.5 Å². The number of nitrogens with one attached hydrogen (secondary N) is 2. The van der Waals surface area contributed by atoms with Gasteiger partial charge in [-0.25, -0.2) is 0 Å². The van der Waals surface area contributed by atoms with Gasteiger partial charge in [0.15, 0.2) is 0 Å².